The fourth-order valence-electron chi connectivity index (χ4n) is 2.12. The molecule has 0 bridgehead atoms. The minimum absolute atomic E-state index is 0.119. The van der Waals surface area contributed by atoms with Crippen LogP contribution in [0.3, 0.4) is 0 Å². The van der Waals surface area contributed by atoms with E-state index in [4.69, 9.17) is 0 Å². The maximum Gasteiger partial charge on any atom is 0.181 e. The van der Waals surface area contributed by atoms with Gasteiger partial charge in [-0.15, -0.1) is 0 Å². The molecule has 0 atom stereocenters. The fourth-order valence-corrected chi connectivity index (χ4v) is 2.12. The lowest BCUT2D eigenvalue weighted by atomic mass is 10.0. The summed E-state index contributed by atoms with van der Waals surface area (Å²) in [4.78, 5) is 12.2. The van der Waals surface area contributed by atoms with Crippen LogP contribution in [-0.2, 0) is 0 Å². The van der Waals surface area contributed by atoms with Crippen molar-refractivity contribution in [3.63, 3.8) is 0 Å². The zero-order valence-electron chi connectivity index (χ0n) is 12.6. The number of carbonyl (C=O) groups is 1. The first-order chi connectivity index (χ1) is 9.47. The van der Waals surface area contributed by atoms with Crippen LogP contribution in [0.2, 0.25) is 0 Å². The van der Waals surface area contributed by atoms with Crippen molar-refractivity contribution >= 4 is 11.5 Å². The molecule has 0 aliphatic rings. The average molecular weight is 267 g/mol. The van der Waals surface area contributed by atoms with Crippen LogP contribution < -0.4 is 5.32 Å². The Bertz CT molecular complexity index is 644. The van der Waals surface area contributed by atoms with E-state index in [1.165, 1.54) is 11.1 Å². The van der Waals surface area contributed by atoms with Gasteiger partial charge >= 0.3 is 0 Å². The minimum atomic E-state index is 0.119. The smallest absolute Gasteiger partial charge is 0.181 e. The third-order valence-electron chi connectivity index (χ3n) is 3.66. The van der Waals surface area contributed by atoms with Gasteiger partial charge in [-0.3, -0.25) is 4.79 Å². The van der Waals surface area contributed by atoms with E-state index in [0.29, 0.717) is 6.54 Å². The molecule has 0 amide bonds. The number of Topliss-reactive ketones (excluding diaryl/α,β-unsaturated/α-hetero) is 1. The van der Waals surface area contributed by atoms with E-state index in [0.717, 1.165) is 22.4 Å². The van der Waals surface area contributed by atoms with Crippen molar-refractivity contribution in [2.24, 2.45) is 0 Å². The van der Waals surface area contributed by atoms with Crippen LogP contribution in [0.25, 0.3) is 0 Å². The zero-order chi connectivity index (χ0) is 14.7. The number of hydrogen-bond donors (Lipinski definition) is 1. The molecule has 2 aromatic rings. The number of aryl methyl sites for hydroxylation is 4. The molecule has 0 aliphatic carbocycles. The van der Waals surface area contributed by atoms with Gasteiger partial charge in [0.2, 0.25) is 0 Å². The van der Waals surface area contributed by atoms with Crippen LogP contribution in [0, 0.1) is 27.7 Å². The highest BCUT2D eigenvalue weighted by atomic mass is 16.1. The lowest BCUT2D eigenvalue weighted by Gasteiger charge is -2.10. The Labute approximate surface area is 120 Å². The van der Waals surface area contributed by atoms with E-state index in [-0.39, 0.29) is 5.78 Å². The predicted octanol–water partition coefficient (Wildman–Crippen LogP) is 4.22. The fraction of sp³-hybridized carbons (Fsp3) is 0.278. The van der Waals surface area contributed by atoms with Gasteiger partial charge in [-0.05, 0) is 62.1 Å². The lowest BCUT2D eigenvalue weighted by molar-refractivity contribution is 0.101. The highest BCUT2D eigenvalue weighted by Crippen LogP contribution is 2.17. The molecule has 0 unspecified atom stereocenters. The molecule has 0 saturated heterocycles. The molecular weight excluding hydrogens is 246 g/mol. The zero-order valence-corrected chi connectivity index (χ0v) is 12.6. The van der Waals surface area contributed by atoms with Crippen LogP contribution in [0.5, 0.6) is 0 Å². The van der Waals surface area contributed by atoms with Crippen LogP contribution >= 0.6 is 0 Å². The summed E-state index contributed by atoms with van der Waals surface area (Å²) in [5, 5.41) is 3.24. The molecule has 2 heteroatoms. The van der Waals surface area contributed by atoms with Crippen molar-refractivity contribution in [2.45, 2.75) is 27.7 Å². The molecule has 20 heavy (non-hydrogen) atoms. The average Bonchev–Trinajstić information content (AvgIpc) is 2.42. The van der Waals surface area contributed by atoms with Crippen molar-refractivity contribution < 1.29 is 4.79 Å². The highest BCUT2D eigenvalue weighted by Gasteiger charge is 2.07. The standard InChI is InChI=1S/C18H21NO/c1-12-5-6-14(3)17(9-12)19-11-18(20)16-8-7-13(2)15(4)10-16/h5-10,19H,11H2,1-4H3. The summed E-state index contributed by atoms with van der Waals surface area (Å²) in [5.41, 5.74) is 6.51. The Morgan fingerprint density at radius 3 is 2.30 bits per heavy atom. The van der Waals surface area contributed by atoms with Crippen molar-refractivity contribution in [3.05, 3.63) is 64.2 Å². The second-order valence-electron chi connectivity index (χ2n) is 5.39. The van der Waals surface area contributed by atoms with Crippen LogP contribution in [-0.4, -0.2) is 12.3 Å². The molecule has 2 nitrogen and oxygen atoms in total. The van der Waals surface area contributed by atoms with Gasteiger partial charge in [0, 0.05) is 11.3 Å². The van der Waals surface area contributed by atoms with Crippen molar-refractivity contribution in [2.75, 3.05) is 11.9 Å². The monoisotopic (exact) mass is 267 g/mol. The molecule has 2 rings (SSSR count). The van der Waals surface area contributed by atoms with Crippen molar-refractivity contribution in [1.29, 1.82) is 0 Å². The van der Waals surface area contributed by atoms with E-state index in [9.17, 15) is 4.79 Å². The molecule has 0 aromatic heterocycles. The molecule has 1 N–H and O–H groups in total. The molecule has 0 heterocycles. The number of hydrogen-bond acceptors (Lipinski definition) is 2. The molecule has 0 fully saturated rings. The third-order valence-corrected chi connectivity index (χ3v) is 3.66. The summed E-state index contributed by atoms with van der Waals surface area (Å²) < 4.78 is 0. The van der Waals surface area contributed by atoms with E-state index < -0.39 is 0 Å². The lowest BCUT2D eigenvalue weighted by Crippen LogP contribution is -2.15. The minimum Gasteiger partial charge on any atom is -0.377 e. The molecule has 0 spiro atoms. The van der Waals surface area contributed by atoms with Gasteiger partial charge in [0.1, 0.15) is 0 Å². The van der Waals surface area contributed by atoms with Gasteiger partial charge in [-0.2, -0.15) is 0 Å². The molecular formula is C18H21NO. The molecule has 2 aromatic carbocycles. The Balaban J connectivity index is 2.08. The van der Waals surface area contributed by atoms with Gasteiger partial charge in [0.15, 0.2) is 5.78 Å². The summed E-state index contributed by atoms with van der Waals surface area (Å²) in [6.45, 7) is 8.51. The number of carbonyl (C=O) groups excluding carboxylic acids is 1. The van der Waals surface area contributed by atoms with Crippen molar-refractivity contribution in [3.8, 4) is 0 Å². The Kier molecular flexibility index (Phi) is 4.23. The summed E-state index contributed by atoms with van der Waals surface area (Å²) in [6.07, 6.45) is 0. The summed E-state index contributed by atoms with van der Waals surface area (Å²) in [6, 6.07) is 12.1. The summed E-state index contributed by atoms with van der Waals surface area (Å²) in [7, 11) is 0. The normalized spacial score (nSPS) is 10.4. The van der Waals surface area contributed by atoms with Gasteiger partial charge in [-0.1, -0.05) is 24.3 Å². The number of ketones is 1. The first kappa shape index (κ1) is 14.3. The van der Waals surface area contributed by atoms with Gasteiger partial charge in [0.05, 0.1) is 6.54 Å². The molecule has 0 saturated carbocycles. The number of rotatable bonds is 4. The van der Waals surface area contributed by atoms with Crippen LogP contribution in [0.15, 0.2) is 36.4 Å². The number of nitrogens with one attached hydrogen (secondary N) is 1. The number of benzene rings is 2. The van der Waals surface area contributed by atoms with Crippen LogP contribution in [0.4, 0.5) is 5.69 Å². The van der Waals surface area contributed by atoms with Crippen LogP contribution in [0.1, 0.15) is 32.6 Å². The van der Waals surface area contributed by atoms with E-state index in [1.807, 2.05) is 32.0 Å². The van der Waals surface area contributed by atoms with Gasteiger partial charge in [0.25, 0.3) is 0 Å². The number of anilines is 1. The van der Waals surface area contributed by atoms with Gasteiger partial charge < -0.3 is 5.32 Å². The second kappa shape index (κ2) is 5.91. The first-order valence-electron chi connectivity index (χ1n) is 6.89. The Morgan fingerprint density at radius 2 is 1.60 bits per heavy atom. The summed E-state index contributed by atoms with van der Waals surface area (Å²) >= 11 is 0. The molecule has 0 radical (unpaired) electrons. The third kappa shape index (κ3) is 3.27. The maximum atomic E-state index is 12.2. The topological polar surface area (TPSA) is 29.1 Å². The summed E-state index contributed by atoms with van der Waals surface area (Å²) in [5.74, 6) is 0.119. The molecule has 104 valence electrons. The predicted molar refractivity (Wildman–Crippen MR) is 84.7 cm³/mol. The molecule has 0 aliphatic heterocycles. The quantitative estimate of drug-likeness (QED) is 0.840. The Hall–Kier alpha value is -2.09. The largest absolute Gasteiger partial charge is 0.377 e. The van der Waals surface area contributed by atoms with E-state index in [1.54, 1.807) is 0 Å². The maximum absolute atomic E-state index is 12.2. The second-order valence-corrected chi connectivity index (χ2v) is 5.39. The highest BCUT2D eigenvalue weighted by molar-refractivity contribution is 5.99. The SMILES string of the molecule is Cc1ccc(C)c(NCC(=O)c2ccc(C)c(C)c2)c1. The Morgan fingerprint density at radius 1 is 0.900 bits per heavy atom. The van der Waals surface area contributed by atoms with Crippen molar-refractivity contribution in [1.82, 2.24) is 0 Å². The van der Waals surface area contributed by atoms with Gasteiger partial charge in [-0.25, -0.2) is 0 Å². The first-order valence-corrected chi connectivity index (χ1v) is 6.89. The van der Waals surface area contributed by atoms with E-state index >= 15 is 0 Å². The van der Waals surface area contributed by atoms with E-state index in [2.05, 4.69) is 37.4 Å².